The van der Waals surface area contributed by atoms with E-state index in [4.69, 9.17) is 9.84 Å². The topological polar surface area (TPSA) is 84.7 Å². The van der Waals surface area contributed by atoms with Crippen molar-refractivity contribution in [2.45, 2.75) is 51.4 Å². The van der Waals surface area contributed by atoms with Gasteiger partial charge < -0.3 is 19.3 Å². The SMILES string of the molecule is CCn1cnc(C(=O)N2CCC([C@@H]3CC[C@H](C(=O)O)O3)CC2)c1. The maximum atomic E-state index is 12.4. The van der Waals surface area contributed by atoms with Gasteiger partial charge in [0.1, 0.15) is 5.69 Å². The minimum Gasteiger partial charge on any atom is -0.479 e. The second-order valence-corrected chi connectivity index (χ2v) is 6.30. The number of carboxylic acids is 1. The van der Waals surface area contributed by atoms with Gasteiger partial charge in [-0.05, 0) is 38.5 Å². The molecule has 0 aromatic carbocycles. The van der Waals surface area contributed by atoms with E-state index in [0.717, 1.165) is 25.8 Å². The number of nitrogens with zero attached hydrogens (tertiary/aromatic N) is 3. The summed E-state index contributed by atoms with van der Waals surface area (Å²) in [5.74, 6) is -0.547. The molecule has 2 atom stereocenters. The number of carbonyl (C=O) groups is 2. The number of hydrogen-bond donors (Lipinski definition) is 1. The molecule has 0 unspecified atom stereocenters. The number of hydrogen-bond acceptors (Lipinski definition) is 4. The second-order valence-electron chi connectivity index (χ2n) is 6.30. The lowest BCUT2D eigenvalue weighted by Gasteiger charge is -2.34. The highest BCUT2D eigenvalue weighted by atomic mass is 16.5. The zero-order chi connectivity index (χ0) is 16.4. The van der Waals surface area contributed by atoms with E-state index in [1.807, 2.05) is 16.4 Å². The minimum absolute atomic E-state index is 0.0210. The first kappa shape index (κ1) is 16.0. The summed E-state index contributed by atoms with van der Waals surface area (Å²) in [6.07, 6.45) is 5.94. The standard InChI is InChI=1S/C16H23N3O4/c1-2-18-9-12(17-10-18)15(20)19-7-5-11(6-8-19)13-3-4-14(23-13)16(21)22/h9-11,13-14H,2-8H2,1H3,(H,21,22)/t13-,14+/m0/s1. The highest BCUT2D eigenvalue weighted by molar-refractivity contribution is 5.92. The van der Waals surface area contributed by atoms with Gasteiger partial charge in [-0.15, -0.1) is 0 Å². The van der Waals surface area contributed by atoms with Gasteiger partial charge >= 0.3 is 5.97 Å². The lowest BCUT2D eigenvalue weighted by atomic mass is 9.89. The summed E-state index contributed by atoms with van der Waals surface area (Å²) in [7, 11) is 0. The Morgan fingerprint density at radius 3 is 2.61 bits per heavy atom. The first-order valence-electron chi connectivity index (χ1n) is 8.27. The molecule has 3 rings (SSSR count). The van der Waals surface area contributed by atoms with Crippen LogP contribution in [-0.2, 0) is 16.1 Å². The zero-order valence-electron chi connectivity index (χ0n) is 13.4. The Morgan fingerprint density at radius 1 is 1.30 bits per heavy atom. The van der Waals surface area contributed by atoms with E-state index in [9.17, 15) is 9.59 Å². The number of piperidine rings is 1. The molecule has 2 saturated heterocycles. The molecule has 7 heteroatoms. The Morgan fingerprint density at radius 2 is 2.04 bits per heavy atom. The third kappa shape index (κ3) is 3.39. The van der Waals surface area contributed by atoms with E-state index in [1.165, 1.54) is 0 Å². The van der Waals surface area contributed by atoms with Crippen molar-refractivity contribution < 1.29 is 19.4 Å². The van der Waals surface area contributed by atoms with Gasteiger partial charge in [0.05, 0.1) is 12.4 Å². The molecule has 2 aliphatic heterocycles. The van der Waals surface area contributed by atoms with Crippen LogP contribution in [-0.4, -0.2) is 56.7 Å². The number of rotatable bonds is 4. The van der Waals surface area contributed by atoms with Crippen molar-refractivity contribution >= 4 is 11.9 Å². The Balaban J connectivity index is 1.52. The highest BCUT2D eigenvalue weighted by Gasteiger charge is 2.37. The highest BCUT2D eigenvalue weighted by Crippen LogP contribution is 2.32. The van der Waals surface area contributed by atoms with Crippen LogP contribution in [0.4, 0.5) is 0 Å². The monoisotopic (exact) mass is 321 g/mol. The van der Waals surface area contributed by atoms with Gasteiger partial charge in [0.25, 0.3) is 5.91 Å². The Labute approximate surface area is 135 Å². The lowest BCUT2D eigenvalue weighted by Crippen LogP contribution is -2.41. The van der Waals surface area contributed by atoms with Crippen LogP contribution in [0.25, 0.3) is 0 Å². The first-order valence-corrected chi connectivity index (χ1v) is 8.27. The predicted molar refractivity (Wildman–Crippen MR) is 82.1 cm³/mol. The van der Waals surface area contributed by atoms with Crippen LogP contribution in [0.3, 0.4) is 0 Å². The van der Waals surface area contributed by atoms with Crippen molar-refractivity contribution in [2.75, 3.05) is 13.1 Å². The molecule has 1 aromatic heterocycles. The summed E-state index contributed by atoms with van der Waals surface area (Å²) < 4.78 is 7.53. The van der Waals surface area contributed by atoms with Crippen molar-refractivity contribution in [1.29, 1.82) is 0 Å². The van der Waals surface area contributed by atoms with Gasteiger partial charge in [-0.25, -0.2) is 9.78 Å². The van der Waals surface area contributed by atoms with Crippen molar-refractivity contribution in [3.63, 3.8) is 0 Å². The quantitative estimate of drug-likeness (QED) is 0.906. The van der Waals surface area contributed by atoms with E-state index < -0.39 is 12.1 Å². The summed E-state index contributed by atoms with van der Waals surface area (Å²) in [4.78, 5) is 29.4. The third-order valence-electron chi connectivity index (χ3n) is 4.90. The smallest absolute Gasteiger partial charge is 0.332 e. The fraction of sp³-hybridized carbons (Fsp3) is 0.688. The van der Waals surface area contributed by atoms with Crippen LogP contribution in [0, 0.1) is 5.92 Å². The van der Waals surface area contributed by atoms with Gasteiger partial charge in [0, 0.05) is 25.8 Å². The third-order valence-corrected chi connectivity index (χ3v) is 4.90. The van der Waals surface area contributed by atoms with Gasteiger partial charge in [-0.1, -0.05) is 0 Å². The van der Waals surface area contributed by atoms with E-state index >= 15 is 0 Å². The van der Waals surface area contributed by atoms with Crippen LogP contribution < -0.4 is 0 Å². The number of carboxylic acid groups (broad SMARTS) is 1. The van der Waals surface area contributed by atoms with Crippen LogP contribution in [0.15, 0.2) is 12.5 Å². The average molecular weight is 321 g/mol. The van der Waals surface area contributed by atoms with Gasteiger partial charge in [-0.3, -0.25) is 4.79 Å². The molecule has 7 nitrogen and oxygen atoms in total. The molecule has 1 aromatic rings. The minimum atomic E-state index is -0.869. The van der Waals surface area contributed by atoms with Crippen LogP contribution in [0.1, 0.15) is 43.1 Å². The van der Waals surface area contributed by atoms with E-state index in [-0.39, 0.29) is 12.0 Å². The maximum Gasteiger partial charge on any atom is 0.332 e. The predicted octanol–water partition coefficient (Wildman–Crippen LogP) is 1.39. The lowest BCUT2D eigenvalue weighted by molar-refractivity contribution is -0.150. The van der Waals surface area contributed by atoms with E-state index in [1.54, 1.807) is 12.5 Å². The number of aryl methyl sites for hydroxylation is 1. The summed E-state index contributed by atoms with van der Waals surface area (Å²) >= 11 is 0. The number of carbonyl (C=O) groups excluding carboxylic acids is 1. The molecule has 0 spiro atoms. The molecular weight excluding hydrogens is 298 g/mol. The number of amides is 1. The first-order chi connectivity index (χ1) is 11.1. The Kier molecular flexibility index (Phi) is 4.66. The molecule has 2 aliphatic rings. The average Bonchev–Trinajstić information content (AvgIpc) is 3.23. The Bertz CT molecular complexity index is 578. The van der Waals surface area contributed by atoms with Crippen LogP contribution in [0.2, 0.25) is 0 Å². The fourth-order valence-corrected chi connectivity index (χ4v) is 3.47. The summed E-state index contributed by atoms with van der Waals surface area (Å²) in [6.45, 7) is 4.17. The summed E-state index contributed by atoms with van der Waals surface area (Å²) in [5, 5.41) is 9.01. The second kappa shape index (κ2) is 6.70. The molecule has 0 radical (unpaired) electrons. The van der Waals surface area contributed by atoms with Gasteiger partial charge in [0.15, 0.2) is 6.10 Å². The molecule has 0 aliphatic carbocycles. The Hall–Kier alpha value is -1.89. The van der Waals surface area contributed by atoms with Gasteiger partial charge in [0.2, 0.25) is 0 Å². The zero-order valence-corrected chi connectivity index (χ0v) is 13.4. The molecule has 126 valence electrons. The van der Waals surface area contributed by atoms with Crippen molar-refractivity contribution in [1.82, 2.24) is 14.5 Å². The molecule has 0 bridgehead atoms. The molecule has 1 N–H and O–H groups in total. The van der Waals surface area contributed by atoms with Crippen LogP contribution in [0.5, 0.6) is 0 Å². The number of likely N-dealkylation sites (tertiary alicyclic amines) is 1. The van der Waals surface area contributed by atoms with Gasteiger partial charge in [-0.2, -0.15) is 0 Å². The largest absolute Gasteiger partial charge is 0.479 e. The van der Waals surface area contributed by atoms with Crippen LogP contribution >= 0.6 is 0 Å². The van der Waals surface area contributed by atoms with Crippen molar-refractivity contribution in [2.24, 2.45) is 5.92 Å². The number of imidazole rings is 1. The van der Waals surface area contributed by atoms with E-state index in [0.29, 0.717) is 31.1 Å². The maximum absolute atomic E-state index is 12.4. The molecule has 2 fully saturated rings. The summed E-state index contributed by atoms with van der Waals surface area (Å²) in [6, 6.07) is 0. The van der Waals surface area contributed by atoms with E-state index in [2.05, 4.69) is 4.98 Å². The number of ether oxygens (including phenoxy) is 1. The number of aliphatic carboxylic acids is 1. The molecule has 0 saturated carbocycles. The fourth-order valence-electron chi connectivity index (χ4n) is 3.47. The normalized spacial score (nSPS) is 25.7. The van der Waals surface area contributed by atoms with Crippen molar-refractivity contribution in [3.05, 3.63) is 18.2 Å². The van der Waals surface area contributed by atoms with Crippen molar-refractivity contribution in [3.8, 4) is 0 Å². The summed E-state index contributed by atoms with van der Waals surface area (Å²) in [5.41, 5.74) is 0.494. The molecule has 23 heavy (non-hydrogen) atoms. The molecule has 3 heterocycles. The number of aromatic nitrogens is 2. The molecule has 1 amide bonds. The molecular formula is C16H23N3O4.